The Labute approximate surface area is 160 Å². The number of anilines is 2. The minimum Gasteiger partial charge on any atom is -0.444 e. The molecule has 0 aliphatic carbocycles. The number of rotatable bonds is 6. The summed E-state index contributed by atoms with van der Waals surface area (Å²) in [5, 5.41) is 0. The van der Waals surface area contributed by atoms with Crippen molar-refractivity contribution in [3.05, 3.63) is 24.3 Å². The molecule has 0 bridgehead atoms. The van der Waals surface area contributed by atoms with Gasteiger partial charge in [-0.05, 0) is 44.5 Å². The summed E-state index contributed by atoms with van der Waals surface area (Å²) in [4.78, 5) is 29.9. The lowest BCUT2D eigenvalue weighted by atomic mass is 10.2. The zero-order valence-electron chi connectivity index (χ0n) is 16.4. The van der Waals surface area contributed by atoms with Crippen molar-refractivity contribution >= 4 is 23.4 Å². The average Bonchev–Trinajstić information content (AvgIpc) is 3.07. The predicted octanol–water partition coefficient (Wildman–Crippen LogP) is 2.50. The summed E-state index contributed by atoms with van der Waals surface area (Å²) < 4.78 is 10.7. The topological polar surface area (TPSA) is 62.3 Å². The maximum Gasteiger partial charge on any atom is 0.414 e. The molecule has 1 aromatic carbocycles. The Balaban J connectivity index is 1.53. The van der Waals surface area contributed by atoms with E-state index < -0.39 is 0 Å². The van der Waals surface area contributed by atoms with Crippen LogP contribution < -0.4 is 9.80 Å². The summed E-state index contributed by atoms with van der Waals surface area (Å²) >= 11 is 0. The van der Waals surface area contributed by atoms with Crippen LogP contribution in [0.5, 0.6) is 0 Å². The molecule has 0 aromatic heterocycles. The van der Waals surface area contributed by atoms with Gasteiger partial charge in [0.25, 0.3) is 0 Å². The maximum absolute atomic E-state index is 12.2. The SMILES string of the molecule is CCC1CN(c2ccc(N3CCN(C(=O)COC(C)C)CC3)cc2)C(=O)O1. The Bertz CT molecular complexity index is 654. The molecule has 0 radical (unpaired) electrons. The zero-order valence-corrected chi connectivity index (χ0v) is 16.4. The van der Waals surface area contributed by atoms with E-state index in [4.69, 9.17) is 9.47 Å². The first kappa shape index (κ1) is 19.5. The van der Waals surface area contributed by atoms with Gasteiger partial charge in [0.1, 0.15) is 12.7 Å². The zero-order chi connectivity index (χ0) is 19.4. The van der Waals surface area contributed by atoms with Gasteiger partial charge in [0.05, 0.1) is 12.6 Å². The number of hydrogen-bond donors (Lipinski definition) is 0. The van der Waals surface area contributed by atoms with E-state index in [0.717, 1.165) is 30.9 Å². The fourth-order valence-electron chi connectivity index (χ4n) is 3.33. The second-order valence-electron chi connectivity index (χ2n) is 7.27. The van der Waals surface area contributed by atoms with Crippen LogP contribution in [0.15, 0.2) is 24.3 Å². The summed E-state index contributed by atoms with van der Waals surface area (Å²) in [7, 11) is 0. The molecular weight excluding hydrogens is 346 g/mol. The molecule has 0 N–H and O–H groups in total. The fraction of sp³-hybridized carbons (Fsp3) is 0.600. The Kier molecular flexibility index (Phi) is 6.21. The summed E-state index contributed by atoms with van der Waals surface area (Å²) in [6.45, 7) is 9.59. The number of benzene rings is 1. The van der Waals surface area contributed by atoms with Crippen LogP contribution in [0.4, 0.5) is 16.2 Å². The average molecular weight is 375 g/mol. The molecule has 2 aliphatic rings. The molecule has 3 rings (SSSR count). The molecule has 2 fully saturated rings. The molecule has 2 amide bonds. The van der Waals surface area contributed by atoms with Crippen molar-refractivity contribution in [2.75, 3.05) is 49.1 Å². The van der Waals surface area contributed by atoms with Crippen molar-refractivity contribution in [3.8, 4) is 0 Å². The van der Waals surface area contributed by atoms with Crippen LogP contribution in [0.1, 0.15) is 27.2 Å². The standard InChI is InChI=1S/C20H29N3O4/c1-4-18-13-23(20(25)27-18)17-7-5-16(6-8-17)21-9-11-22(12-10-21)19(24)14-26-15(2)3/h5-8,15,18H,4,9-14H2,1-3H3. The van der Waals surface area contributed by atoms with Crippen LogP contribution in [0.3, 0.4) is 0 Å². The number of ether oxygens (including phenoxy) is 2. The maximum atomic E-state index is 12.2. The molecule has 1 aromatic rings. The third-order valence-corrected chi connectivity index (χ3v) is 5.03. The number of nitrogens with zero attached hydrogens (tertiary/aromatic N) is 3. The third kappa shape index (κ3) is 4.71. The van der Waals surface area contributed by atoms with Gasteiger partial charge in [-0.15, -0.1) is 0 Å². The summed E-state index contributed by atoms with van der Waals surface area (Å²) in [5.74, 6) is 0.0525. The van der Waals surface area contributed by atoms with E-state index in [0.29, 0.717) is 19.6 Å². The van der Waals surface area contributed by atoms with Crippen LogP contribution in [0.25, 0.3) is 0 Å². The highest BCUT2D eigenvalue weighted by atomic mass is 16.6. The fourth-order valence-corrected chi connectivity index (χ4v) is 3.33. The van der Waals surface area contributed by atoms with E-state index in [1.807, 2.05) is 49.9 Å². The van der Waals surface area contributed by atoms with Gasteiger partial charge < -0.3 is 19.3 Å². The van der Waals surface area contributed by atoms with E-state index in [1.165, 1.54) is 0 Å². The van der Waals surface area contributed by atoms with Gasteiger partial charge in [-0.25, -0.2) is 4.79 Å². The van der Waals surface area contributed by atoms with Gasteiger partial charge in [0, 0.05) is 37.6 Å². The van der Waals surface area contributed by atoms with Gasteiger partial charge >= 0.3 is 6.09 Å². The van der Waals surface area contributed by atoms with Crippen LogP contribution in [0, 0.1) is 0 Å². The highest BCUT2D eigenvalue weighted by molar-refractivity contribution is 5.90. The lowest BCUT2D eigenvalue weighted by Gasteiger charge is -2.36. The van der Waals surface area contributed by atoms with Crippen molar-refractivity contribution in [1.29, 1.82) is 0 Å². The van der Waals surface area contributed by atoms with Gasteiger partial charge in [0.15, 0.2) is 0 Å². The van der Waals surface area contributed by atoms with Crippen molar-refractivity contribution < 1.29 is 19.1 Å². The first-order valence-electron chi connectivity index (χ1n) is 9.70. The summed E-state index contributed by atoms with van der Waals surface area (Å²) in [6.07, 6.45) is 0.591. The van der Waals surface area contributed by atoms with Crippen LogP contribution >= 0.6 is 0 Å². The van der Waals surface area contributed by atoms with Crippen molar-refractivity contribution in [2.24, 2.45) is 0 Å². The first-order chi connectivity index (χ1) is 13.0. The quantitative estimate of drug-likeness (QED) is 0.764. The van der Waals surface area contributed by atoms with E-state index in [2.05, 4.69) is 4.90 Å². The Morgan fingerprint density at radius 1 is 1.15 bits per heavy atom. The minimum absolute atomic E-state index is 0.0255. The van der Waals surface area contributed by atoms with E-state index in [1.54, 1.807) is 4.90 Å². The molecule has 1 unspecified atom stereocenters. The third-order valence-electron chi connectivity index (χ3n) is 5.03. The second-order valence-corrected chi connectivity index (χ2v) is 7.27. The molecule has 7 nitrogen and oxygen atoms in total. The first-order valence-corrected chi connectivity index (χ1v) is 9.70. The van der Waals surface area contributed by atoms with Crippen molar-refractivity contribution in [1.82, 2.24) is 4.90 Å². The Morgan fingerprint density at radius 2 is 1.78 bits per heavy atom. The molecule has 2 heterocycles. The molecular formula is C20H29N3O4. The van der Waals surface area contributed by atoms with Gasteiger partial charge in [-0.3, -0.25) is 9.69 Å². The lowest BCUT2D eigenvalue weighted by molar-refractivity contribution is -0.137. The minimum atomic E-state index is -0.273. The molecule has 148 valence electrons. The van der Waals surface area contributed by atoms with E-state index in [-0.39, 0.29) is 30.8 Å². The van der Waals surface area contributed by atoms with Crippen molar-refractivity contribution in [2.45, 2.75) is 39.4 Å². The Morgan fingerprint density at radius 3 is 2.33 bits per heavy atom. The molecule has 2 saturated heterocycles. The molecule has 0 saturated carbocycles. The summed E-state index contributed by atoms with van der Waals surface area (Å²) in [5.41, 5.74) is 1.96. The molecule has 27 heavy (non-hydrogen) atoms. The van der Waals surface area contributed by atoms with E-state index in [9.17, 15) is 9.59 Å². The molecule has 7 heteroatoms. The lowest BCUT2D eigenvalue weighted by Crippen LogP contribution is -2.49. The van der Waals surface area contributed by atoms with Gasteiger partial charge in [0.2, 0.25) is 5.91 Å². The number of cyclic esters (lactones) is 1. The van der Waals surface area contributed by atoms with Crippen molar-refractivity contribution in [3.63, 3.8) is 0 Å². The Hall–Kier alpha value is -2.28. The largest absolute Gasteiger partial charge is 0.444 e. The monoisotopic (exact) mass is 375 g/mol. The highest BCUT2D eigenvalue weighted by Gasteiger charge is 2.31. The number of carbonyl (C=O) groups excluding carboxylic acids is 2. The molecule has 0 spiro atoms. The highest BCUT2D eigenvalue weighted by Crippen LogP contribution is 2.26. The van der Waals surface area contributed by atoms with Crippen LogP contribution in [0.2, 0.25) is 0 Å². The normalized spacial score (nSPS) is 20.4. The number of carbonyl (C=O) groups is 2. The van der Waals surface area contributed by atoms with Gasteiger partial charge in [-0.1, -0.05) is 6.92 Å². The molecule has 2 aliphatic heterocycles. The van der Waals surface area contributed by atoms with Crippen LogP contribution in [-0.4, -0.2) is 68.4 Å². The predicted molar refractivity (Wildman–Crippen MR) is 104 cm³/mol. The number of piperazine rings is 1. The number of amides is 2. The van der Waals surface area contributed by atoms with Gasteiger partial charge in [-0.2, -0.15) is 0 Å². The number of hydrogen-bond acceptors (Lipinski definition) is 5. The van der Waals surface area contributed by atoms with Crippen LogP contribution in [-0.2, 0) is 14.3 Å². The molecule has 1 atom stereocenters. The second kappa shape index (κ2) is 8.61. The smallest absolute Gasteiger partial charge is 0.414 e. The van der Waals surface area contributed by atoms with E-state index >= 15 is 0 Å². The summed E-state index contributed by atoms with van der Waals surface area (Å²) in [6, 6.07) is 7.98.